The van der Waals surface area contributed by atoms with Gasteiger partial charge in [0.15, 0.2) is 11.6 Å². The molecule has 66 valence electrons. The minimum Gasteiger partial charge on any atom is -0.504 e. The van der Waals surface area contributed by atoms with E-state index < -0.39 is 20.8 Å². The molecule has 0 aliphatic rings. The second kappa shape index (κ2) is 2.61. The summed E-state index contributed by atoms with van der Waals surface area (Å²) in [6.45, 7) is 0. The van der Waals surface area contributed by atoms with Crippen LogP contribution in [0.1, 0.15) is 0 Å². The van der Waals surface area contributed by atoms with Crippen molar-refractivity contribution in [3.05, 3.63) is 12.3 Å². The Kier molecular flexibility index (Phi) is 1.90. The molecular weight excluding hydrogens is 184 g/mol. The number of nitrogen functional groups attached to an aromatic ring is 1. The molecule has 0 radical (unpaired) electrons. The van der Waals surface area contributed by atoms with Gasteiger partial charge in [0.2, 0.25) is 0 Å². The molecule has 4 N–H and O–H groups in total. The molecule has 6 nitrogen and oxygen atoms in total. The molecule has 0 saturated heterocycles. The lowest BCUT2D eigenvalue weighted by molar-refractivity contribution is 0.465. The molecule has 0 atom stereocenters. The number of rotatable bonds is 1. The van der Waals surface area contributed by atoms with Gasteiger partial charge in [-0.2, -0.15) is 8.42 Å². The van der Waals surface area contributed by atoms with Gasteiger partial charge in [-0.1, -0.05) is 0 Å². The zero-order valence-electron chi connectivity index (χ0n) is 5.80. The minimum absolute atomic E-state index is 0.192. The summed E-state index contributed by atoms with van der Waals surface area (Å²) in [5.41, 5.74) is 5.09. The SMILES string of the molecule is Nc1ncc(S(=O)(=O)O)cc1O. The Balaban J connectivity index is 3.33. The summed E-state index contributed by atoms with van der Waals surface area (Å²) in [4.78, 5) is 2.84. The van der Waals surface area contributed by atoms with Crippen LogP contribution in [0.25, 0.3) is 0 Å². The molecule has 0 bridgehead atoms. The molecule has 0 spiro atoms. The summed E-state index contributed by atoms with van der Waals surface area (Å²) in [7, 11) is -4.32. The number of hydrogen-bond donors (Lipinski definition) is 3. The first-order chi connectivity index (χ1) is 5.41. The third-order valence-corrected chi connectivity index (χ3v) is 1.99. The van der Waals surface area contributed by atoms with Gasteiger partial charge in [0.25, 0.3) is 10.1 Å². The van der Waals surface area contributed by atoms with E-state index in [0.717, 1.165) is 12.3 Å². The van der Waals surface area contributed by atoms with Crippen LogP contribution in [0.4, 0.5) is 5.82 Å². The van der Waals surface area contributed by atoms with Crippen LogP contribution < -0.4 is 5.73 Å². The van der Waals surface area contributed by atoms with Gasteiger partial charge in [-0.15, -0.1) is 0 Å². The third kappa shape index (κ3) is 1.63. The van der Waals surface area contributed by atoms with Gasteiger partial charge < -0.3 is 10.8 Å². The number of aromatic nitrogens is 1. The first-order valence-electron chi connectivity index (χ1n) is 2.83. The molecule has 0 aromatic carbocycles. The van der Waals surface area contributed by atoms with Gasteiger partial charge >= 0.3 is 0 Å². The molecule has 1 rings (SSSR count). The van der Waals surface area contributed by atoms with Crippen LogP contribution in [0.15, 0.2) is 17.2 Å². The number of hydrogen-bond acceptors (Lipinski definition) is 5. The van der Waals surface area contributed by atoms with E-state index in [2.05, 4.69) is 4.98 Å². The van der Waals surface area contributed by atoms with Crippen LogP contribution in [0.2, 0.25) is 0 Å². The monoisotopic (exact) mass is 190 g/mol. The summed E-state index contributed by atoms with van der Waals surface area (Å²) in [5.74, 6) is -0.674. The summed E-state index contributed by atoms with van der Waals surface area (Å²) in [5, 5.41) is 8.90. The van der Waals surface area contributed by atoms with Gasteiger partial charge in [-0.3, -0.25) is 4.55 Å². The molecule has 0 unspecified atom stereocenters. The Morgan fingerprint density at radius 3 is 2.50 bits per heavy atom. The minimum atomic E-state index is -4.32. The fourth-order valence-corrected chi connectivity index (χ4v) is 1.03. The predicted octanol–water partition coefficient (Wildman–Crippen LogP) is -0.384. The summed E-state index contributed by atoms with van der Waals surface area (Å²) < 4.78 is 29.4. The lowest BCUT2D eigenvalue weighted by Gasteiger charge is -1.98. The van der Waals surface area contributed by atoms with Crippen molar-refractivity contribution in [2.24, 2.45) is 0 Å². The molecule has 7 heteroatoms. The van der Waals surface area contributed by atoms with E-state index in [-0.39, 0.29) is 5.82 Å². The van der Waals surface area contributed by atoms with Crippen LogP contribution in [0.3, 0.4) is 0 Å². The van der Waals surface area contributed by atoms with E-state index in [1.54, 1.807) is 0 Å². The van der Waals surface area contributed by atoms with Crippen molar-refractivity contribution in [3.63, 3.8) is 0 Å². The smallest absolute Gasteiger partial charge is 0.296 e. The van der Waals surface area contributed by atoms with E-state index in [1.807, 2.05) is 0 Å². The standard InChI is InChI=1S/C5H6N2O4S/c6-5-4(8)1-3(2-7-5)12(9,10)11/h1-2,8H,(H2,6,7)(H,9,10,11). The molecule has 0 saturated carbocycles. The Morgan fingerprint density at radius 1 is 1.50 bits per heavy atom. The van der Waals surface area contributed by atoms with Crippen LogP contribution in [0.5, 0.6) is 5.75 Å². The molecule has 1 aromatic rings. The zero-order chi connectivity index (χ0) is 9.35. The second-order valence-electron chi connectivity index (χ2n) is 2.05. The number of nitrogens with zero attached hydrogens (tertiary/aromatic N) is 1. The van der Waals surface area contributed by atoms with Crippen molar-refractivity contribution in [3.8, 4) is 5.75 Å². The fraction of sp³-hybridized carbons (Fsp3) is 0. The molecule has 0 aliphatic carbocycles. The van der Waals surface area contributed by atoms with Crippen molar-refractivity contribution >= 4 is 15.9 Å². The molecular formula is C5H6N2O4S. The van der Waals surface area contributed by atoms with Crippen LogP contribution in [0, 0.1) is 0 Å². The Morgan fingerprint density at radius 2 is 2.08 bits per heavy atom. The average molecular weight is 190 g/mol. The highest BCUT2D eigenvalue weighted by Gasteiger charge is 2.11. The summed E-state index contributed by atoms with van der Waals surface area (Å²) in [6, 6.07) is 0.817. The maximum atomic E-state index is 10.5. The van der Waals surface area contributed by atoms with Crippen LogP contribution >= 0.6 is 0 Å². The van der Waals surface area contributed by atoms with E-state index in [1.165, 1.54) is 0 Å². The molecule has 0 fully saturated rings. The van der Waals surface area contributed by atoms with E-state index in [9.17, 15) is 8.42 Å². The van der Waals surface area contributed by atoms with E-state index in [0.29, 0.717) is 0 Å². The van der Waals surface area contributed by atoms with Crippen molar-refractivity contribution in [1.82, 2.24) is 4.98 Å². The van der Waals surface area contributed by atoms with Gasteiger partial charge in [-0.05, 0) is 0 Å². The van der Waals surface area contributed by atoms with Gasteiger partial charge in [-0.25, -0.2) is 4.98 Å². The van der Waals surface area contributed by atoms with Crippen molar-refractivity contribution < 1.29 is 18.1 Å². The molecule has 1 aromatic heterocycles. The first kappa shape index (κ1) is 8.75. The fourth-order valence-electron chi connectivity index (χ4n) is 0.586. The van der Waals surface area contributed by atoms with Gasteiger partial charge in [0, 0.05) is 6.07 Å². The van der Waals surface area contributed by atoms with Crippen LogP contribution in [-0.2, 0) is 10.1 Å². The summed E-state index contributed by atoms with van der Waals surface area (Å²) >= 11 is 0. The Hall–Kier alpha value is -1.34. The predicted molar refractivity (Wildman–Crippen MR) is 40.1 cm³/mol. The molecule has 0 aliphatic heterocycles. The number of nitrogens with two attached hydrogens (primary N) is 1. The molecule has 12 heavy (non-hydrogen) atoms. The Labute approximate surface area is 68.4 Å². The Bertz CT molecular complexity index is 400. The normalized spacial score (nSPS) is 11.4. The zero-order valence-corrected chi connectivity index (χ0v) is 6.61. The van der Waals surface area contributed by atoms with E-state index >= 15 is 0 Å². The molecule has 0 amide bonds. The first-order valence-corrected chi connectivity index (χ1v) is 4.27. The maximum absolute atomic E-state index is 10.5. The topological polar surface area (TPSA) is 114 Å². The highest BCUT2D eigenvalue weighted by molar-refractivity contribution is 7.85. The number of pyridine rings is 1. The van der Waals surface area contributed by atoms with Crippen LogP contribution in [-0.4, -0.2) is 23.1 Å². The average Bonchev–Trinajstić information content (AvgIpc) is 1.92. The third-order valence-electron chi connectivity index (χ3n) is 1.17. The largest absolute Gasteiger partial charge is 0.504 e. The highest BCUT2D eigenvalue weighted by Crippen LogP contribution is 2.19. The van der Waals surface area contributed by atoms with Gasteiger partial charge in [0.05, 0.1) is 6.20 Å². The quantitative estimate of drug-likeness (QED) is 0.520. The van der Waals surface area contributed by atoms with Crippen molar-refractivity contribution in [1.29, 1.82) is 0 Å². The molecule has 1 heterocycles. The van der Waals surface area contributed by atoms with Crippen molar-refractivity contribution in [2.75, 3.05) is 5.73 Å². The lowest BCUT2D eigenvalue weighted by Crippen LogP contribution is -2.00. The number of aromatic hydroxyl groups is 1. The van der Waals surface area contributed by atoms with E-state index in [4.69, 9.17) is 15.4 Å². The number of anilines is 1. The maximum Gasteiger partial charge on any atom is 0.296 e. The second-order valence-corrected chi connectivity index (χ2v) is 3.47. The summed E-state index contributed by atoms with van der Waals surface area (Å²) in [6.07, 6.45) is 0.852. The lowest BCUT2D eigenvalue weighted by atomic mass is 10.4. The highest BCUT2D eigenvalue weighted by atomic mass is 32.2. The van der Waals surface area contributed by atoms with Gasteiger partial charge in [0.1, 0.15) is 4.90 Å². The van der Waals surface area contributed by atoms with Crippen molar-refractivity contribution in [2.45, 2.75) is 4.90 Å².